The molecule has 1 N–H and O–H groups in total. The Morgan fingerprint density at radius 2 is 2.22 bits per heavy atom. The van der Waals surface area contributed by atoms with Gasteiger partial charge in [-0.25, -0.2) is 4.39 Å². The lowest BCUT2D eigenvalue weighted by Crippen LogP contribution is -2.38. The molecule has 2 unspecified atom stereocenters. The average Bonchev–Trinajstić information content (AvgIpc) is 3.14. The minimum absolute atomic E-state index is 0.0546. The summed E-state index contributed by atoms with van der Waals surface area (Å²) in [6, 6.07) is 9.81. The number of carbonyl (C=O) groups is 2. The first-order chi connectivity index (χ1) is 13.1. The fourth-order valence-electron chi connectivity index (χ4n) is 3.63. The van der Waals surface area contributed by atoms with Crippen LogP contribution in [0.25, 0.3) is 0 Å². The molecule has 2 aliphatic heterocycles. The Balaban J connectivity index is 1.41. The number of hydrogen-bond acceptors (Lipinski definition) is 4. The van der Waals surface area contributed by atoms with Crippen LogP contribution >= 0.6 is 0 Å². The van der Waals surface area contributed by atoms with E-state index in [0.717, 1.165) is 12.1 Å². The quantitative estimate of drug-likeness (QED) is 0.899. The Morgan fingerprint density at radius 3 is 3.04 bits per heavy atom. The zero-order valence-corrected chi connectivity index (χ0v) is 14.7. The first-order valence-corrected chi connectivity index (χ1v) is 9.00. The Morgan fingerprint density at radius 1 is 1.33 bits per heavy atom. The van der Waals surface area contributed by atoms with Gasteiger partial charge in [0.25, 0.3) is 0 Å². The normalized spacial score (nSPS) is 21.7. The highest BCUT2D eigenvalue weighted by atomic mass is 19.1. The number of ether oxygens (including phenoxy) is 1. The standard InChI is InChI=1S/C20H20FN3O3/c21-13-4-5-16-17(10-19(25)23-18(16)9-13)20(26)24-8-6-15(11-24)27-12-14-3-1-2-7-22-14/h1-5,7,9,15,17H,6,8,10-12H2,(H,23,25). The van der Waals surface area contributed by atoms with E-state index in [-0.39, 0.29) is 24.3 Å². The summed E-state index contributed by atoms with van der Waals surface area (Å²) in [5, 5.41) is 2.64. The van der Waals surface area contributed by atoms with Gasteiger partial charge in [-0.1, -0.05) is 12.1 Å². The number of fused-ring (bicyclic) bond motifs is 1. The molecule has 140 valence electrons. The molecule has 2 atom stereocenters. The van der Waals surface area contributed by atoms with Crippen LogP contribution in [0.15, 0.2) is 42.6 Å². The molecule has 2 aromatic rings. The van der Waals surface area contributed by atoms with Crippen molar-refractivity contribution < 1.29 is 18.7 Å². The molecular weight excluding hydrogens is 349 g/mol. The fourth-order valence-corrected chi connectivity index (χ4v) is 3.63. The number of rotatable bonds is 4. The Bertz CT molecular complexity index is 859. The van der Waals surface area contributed by atoms with E-state index in [4.69, 9.17) is 4.74 Å². The number of hydrogen-bond donors (Lipinski definition) is 1. The summed E-state index contributed by atoms with van der Waals surface area (Å²) >= 11 is 0. The minimum atomic E-state index is -0.580. The van der Waals surface area contributed by atoms with Crippen LogP contribution < -0.4 is 5.32 Å². The van der Waals surface area contributed by atoms with Crippen molar-refractivity contribution in [2.45, 2.75) is 31.5 Å². The lowest BCUT2D eigenvalue weighted by Gasteiger charge is -2.28. The maximum absolute atomic E-state index is 13.5. The van der Waals surface area contributed by atoms with Gasteiger partial charge in [-0.15, -0.1) is 0 Å². The number of amides is 2. The van der Waals surface area contributed by atoms with Crippen LogP contribution in [0.1, 0.15) is 30.0 Å². The zero-order valence-electron chi connectivity index (χ0n) is 14.7. The molecule has 4 rings (SSSR count). The maximum Gasteiger partial charge on any atom is 0.230 e. The number of nitrogens with one attached hydrogen (secondary N) is 1. The Hall–Kier alpha value is -2.80. The number of aromatic nitrogens is 1. The predicted molar refractivity (Wildman–Crippen MR) is 96.4 cm³/mol. The highest BCUT2D eigenvalue weighted by Gasteiger charge is 2.36. The highest BCUT2D eigenvalue weighted by molar-refractivity contribution is 6.01. The Labute approximate surface area is 156 Å². The van der Waals surface area contributed by atoms with Crippen LogP contribution in [-0.2, 0) is 20.9 Å². The fraction of sp³-hybridized carbons (Fsp3) is 0.350. The number of benzene rings is 1. The largest absolute Gasteiger partial charge is 0.370 e. The molecule has 0 aliphatic carbocycles. The van der Waals surface area contributed by atoms with Crippen LogP contribution in [0, 0.1) is 5.82 Å². The van der Waals surface area contributed by atoms with E-state index >= 15 is 0 Å². The second kappa shape index (κ2) is 7.44. The molecule has 2 amide bonds. The van der Waals surface area contributed by atoms with Crippen LogP contribution in [0.2, 0.25) is 0 Å². The van der Waals surface area contributed by atoms with Crippen LogP contribution in [0.5, 0.6) is 0 Å². The molecule has 1 fully saturated rings. The van der Waals surface area contributed by atoms with E-state index in [1.165, 1.54) is 12.1 Å². The number of likely N-dealkylation sites (tertiary alicyclic amines) is 1. The van der Waals surface area contributed by atoms with Crippen molar-refractivity contribution in [3.05, 3.63) is 59.7 Å². The number of pyridine rings is 1. The second-order valence-electron chi connectivity index (χ2n) is 6.86. The summed E-state index contributed by atoms with van der Waals surface area (Å²) in [4.78, 5) is 30.9. The lowest BCUT2D eigenvalue weighted by atomic mass is 9.89. The average molecular weight is 369 g/mol. The van der Waals surface area contributed by atoms with Gasteiger partial charge in [0.2, 0.25) is 11.8 Å². The van der Waals surface area contributed by atoms with E-state index in [1.807, 2.05) is 18.2 Å². The topological polar surface area (TPSA) is 71.5 Å². The van der Waals surface area contributed by atoms with E-state index in [2.05, 4.69) is 10.3 Å². The first kappa shape index (κ1) is 17.6. The molecule has 1 aromatic carbocycles. The third kappa shape index (κ3) is 3.83. The highest BCUT2D eigenvalue weighted by Crippen LogP contribution is 2.35. The molecule has 0 spiro atoms. The molecule has 27 heavy (non-hydrogen) atoms. The van der Waals surface area contributed by atoms with Crippen LogP contribution in [0.3, 0.4) is 0 Å². The van der Waals surface area contributed by atoms with Gasteiger partial charge < -0.3 is 15.0 Å². The second-order valence-corrected chi connectivity index (χ2v) is 6.86. The number of halogens is 1. The molecule has 7 heteroatoms. The summed E-state index contributed by atoms with van der Waals surface area (Å²) < 4.78 is 19.3. The van der Waals surface area contributed by atoms with E-state index < -0.39 is 11.7 Å². The van der Waals surface area contributed by atoms with Gasteiger partial charge in [-0.05, 0) is 36.2 Å². The van der Waals surface area contributed by atoms with Crippen molar-refractivity contribution in [1.29, 1.82) is 0 Å². The summed E-state index contributed by atoms with van der Waals surface area (Å²) in [6.45, 7) is 1.47. The molecule has 1 aromatic heterocycles. The van der Waals surface area contributed by atoms with Crippen molar-refractivity contribution in [3.63, 3.8) is 0 Å². The lowest BCUT2D eigenvalue weighted by molar-refractivity contribution is -0.134. The molecule has 2 aliphatic rings. The third-order valence-electron chi connectivity index (χ3n) is 5.00. The molecule has 6 nitrogen and oxygen atoms in total. The van der Waals surface area contributed by atoms with Gasteiger partial charge in [0.15, 0.2) is 0 Å². The van der Waals surface area contributed by atoms with Crippen molar-refractivity contribution in [2.24, 2.45) is 0 Å². The number of anilines is 1. The van der Waals surface area contributed by atoms with E-state index in [9.17, 15) is 14.0 Å². The smallest absolute Gasteiger partial charge is 0.230 e. The molecule has 0 saturated carbocycles. The van der Waals surface area contributed by atoms with Crippen molar-refractivity contribution in [3.8, 4) is 0 Å². The molecule has 0 radical (unpaired) electrons. The summed E-state index contributed by atoms with van der Waals surface area (Å²) in [5.41, 5.74) is 1.90. The van der Waals surface area contributed by atoms with Crippen LogP contribution in [-0.4, -0.2) is 40.9 Å². The number of nitrogens with zero attached hydrogens (tertiary/aromatic N) is 2. The van der Waals surface area contributed by atoms with Crippen molar-refractivity contribution >= 4 is 17.5 Å². The molecule has 1 saturated heterocycles. The monoisotopic (exact) mass is 369 g/mol. The Kier molecular flexibility index (Phi) is 4.85. The van der Waals surface area contributed by atoms with Gasteiger partial charge in [0, 0.05) is 31.4 Å². The molecule has 0 bridgehead atoms. The third-order valence-corrected chi connectivity index (χ3v) is 5.00. The zero-order chi connectivity index (χ0) is 18.8. The van der Waals surface area contributed by atoms with Gasteiger partial charge >= 0.3 is 0 Å². The maximum atomic E-state index is 13.5. The summed E-state index contributed by atoms with van der Waals surface area (Å²) in [6.07, 6.45) is 2.49. The minimum Gasteiger partial charge on any atom is -0.370 e. The molecule has 3 heterocycles. The van der Waals surface area contributed by atoms with Crippen LogP contribution in [0.4, 0.5) is 10.1 Å². The summed E-state index contributed by atoms with van der Waals surface area (Å²) in [7, 11) is 0. The summed E-state index contributed by atoms with van der Waals surface area (Å²) in [5.74, 6) is -1.40. The van der Waals surface area contributed by atoms with Gasteiger partial charge in [-0.3, -0.25) is 14.6 Å². The van der Waals surface area contributed by atoms with Gasteiger partial charge in [-0.2, -0.15) is 0 Å². The van der Waals surface area contributed by atoms with Crippen molar-refractivity contribution in [2.75, 3.05) is 18.4 Å². The van der Waals surface area contributed by atoms with Gasteiger partial charge in [0.1, 0.15) is 5.82 Å². The molecular formula is C20H20FN3O3. The van der Waals surface area contributed by atoms with E-state index in [1.54, 1.807) is 17.2 Å². The number of carbonyl (C=O) groups excluding carboxylic acids is 2. The van der Waals surface area contributed by atoms with E-state index in [0.29, 0.717) is 30.9 Å². The van der Waals surface area contributed by atoms with Gasteiger partial charge in [0.05, 0.1) is 24.3 Å². The predicted octanol–water partition coefficient (Wildman–Crippen LogP) is 2.46. The van der Waals surface area contributed by atoms with Crippen molar-refractivity contribution in [1.82, 2.24) is 9.88 Å². The first-order valence-electron chi connectivity index (χ1n) is 9.00. The SMILES string of the molecule is O=C1CC(C(=O)N2CCC(OCc3ccccn3)C2)c2ccc(F)cc2N1.